The molecule has 2 heterocycles. The molecule has 0 aliphatic heterocycles. The van der Waals surface area contributed by atoms with Crippen LogP contribution >= 0.6 is 22.7 Å². The zero-order valence-corrected chi connectivity index (χ0v) is 22.3. The summed E-state index contributed by atoms with van der Waals surface area (Å²) in [5, 5.41) is 5.59. The molecule has 184 valence electrons. The van der Waals surface area contributed by atoms with Gasteiger partial charge in [0.1, 0.15) is 5.00 Å². The molecule has 1 N–H and O–H groups in total. The maximum absolute atomic E-state index is 13.6. The van der Waals surface area contributed by atoms with Crippen LogP contribution in [0.5, 0.6) is 0 Å². The second-order valence-corrected chi connectivity index (χ2v) is 11.6. The second kappa shape index (κ2) is 10.4. The molecule has 36 heavy (non-hydrogen) atoms. The van der Waals surface area contributed by atoms with Gasteiger partial charge in [0.05, 0.1) is 17.2 Å². The summed E-state index contributed by atoms with van der Waals surface area (Å²) in [6, 6.07) is 20.5. The van der Waals surface area contributed by atoms with Gasteiger partial charge in [0.15, 0.2) is 0 Å². The van der Waals surface area contributed by atoms with E-state index in [4.69, 9.17) is 4.74 Å². The number of carbonyl (C=O) groups excluding carboxylic acids is 2. The van der Waals surface area contributed by atoms with E-state index in [2.05, 4.69) is 29.6 Å². The summed E-state index contributed by atoms with van der Waals surface area (Å²) >= 11 is 3.08. The Bertz CT molecular complexity index is 1390. The number of fused-ring (bicyclic) bond motifs is 1. The van der Waals surface area contributed by atoms with E-state index in [9.17, 15) is 9.59 Å². The van der Waals surface area contributed by atoms with Gasteiger partial charge in [0.25, 0.3) is 5.91 Å². The number of benzene rings is 2. The van der Waals surface area contributed by atoms with Gasteiger partial charge in [-0.05, 0) is 62.6 Å². The summed E-state index contributed by atoms with van der Waals surface area (Å²) in [4.78, 5) is 29.0. The van der Waals surface area contributed by atoms with Crippen LogP contribution in [-0.4, -0.2) is 18.0 Å². The lowest BCUT2D eigenvalue weighted by molar-refractivity contribution is 0.0378. The van der Waals surface area contributed by atoms with Gasteiger partial charge in [-0.25, -0.2) is 4.79 Å². The van der Waals surface area contributed by atoms with Crippen molar-refractivity contribution in [2.45, 2.75) is 52.1 Å². The molecule has 0 unspecified atom stereocenters. The first kappa shape index (κ1) is 24.5. The summed E-state index contributed by atoms with van der Waals surface area (Å²) < 4.78 is 5.62. The van der Waals surface area contributed by atoms with E-state index >= 15 is 0 Å². The third kappa shape index (κ3) is 4.88. The summed E-state index contributed by atoms with van der Waals surface area (Å²) in [7, 11) is 0. The highest BCUT2D eigenvalue weighted by Crippen LogP contribution is 2.43. The van der Waals surface area contributed by atoms with Crippen LogP contribution in [0.2, 0.25) is 0 Å². The average molecular weight is 516 g/mol. The number of rotatable bonds is 6. The Balaban J connectivity index is 1.49. The Morgan fingerprint density at radius 1 is 1.03 bits per heavy atom. The van der Waals surface area contributed by atoms with Gasteiger partial charge in [-0.3, -0.25) is 4.79 Å². The number of carbonyl (C=O) groups is 2. The normalized spacial score (nSPS) is 14.9. The van der Waals surface area contributed by atoms with E-state index in [1.165, 1.54) is 16.9 Å². The quantitative estimate of drug-likeness (QED) is 0.266. The van der Waals surface area contributed by atoms with Crippen molar-refractivity contribution in [3.63, 3.8) is 0 Å². The average Bonchev–Trinajstić information content (AvgIpc) is 3.44. The van der Waals surface area contributed by atoms with E-state index in [1.807, 2.05) is 62.5 Å². The van der Waals surface area contributed by atoms with Crippen molar-refractivity contribution in [1.29, 1.82) is 0 Å². The number of aryl methyl sites for hydroxylation is 1. The number of anilines is 1. The molecule has 6 heteroatoms. The molecule has 0 saturated carbocycles. The van der Waals surface area contributed by atoms with Gasteiger partial charge in [0, 0.05) is 20.7 Å². The molecule has 2 aromatic carbocycles. The van der Waals surface area contributed by atoms with Crippen LogP contribution in [0.3, 0.4) is 0 Å². The predicted molar refractivity (Wildman–Crippen MR) is 149 cm³/mol. The molecule has 4 nitrogen and oxygen atoms in total. The molecule has 0 saturated heterocycles. The van der Waals surface area contributed by atoms with Gasteiger partial charge in [0.2, 0.25) is 0 Å². The van der Waals surface area contributed by atoms with Crippen molar-refractivity contribution < 1.29 is 14.3 Å². The van der Waals surface area contributed by atoms with Crippen molar-refractivity contribution >= 4 is 39.6 Å². The predicted octanol–water partition coefficient (Wildman–Crippen LogP) is 7.88. The van der Waals surface area contributed by atoms with Gasteiger partial charge in [-0.2, -0.15) is 0 Å². The Labute approximate surface area is 220 Å². The highest BCUT2D eigenvalue weighted by Gasteiger charge is 2.32. The van der Waals surface area contributed by atoms with Crippen LogP contribution in [-0.2, 0) is 17.6 Å². The zero-order valence-electron chi connectivity index (χ0n) is 20.7. The van der Waals surface area contributed by atoms with Gasteiger partial charge in [-0.15, -0.1) is 22.7 Å². The van der Waals surface area contributed by atoms with Crippen LogP contribution in [0.15, 0.2) is 66.0 Å². The van der Waals surface area contributed by atoms with E-state index in [1.54, 1.807) is 11.3 Å². The fraction of sp³-hybridized carbons (Fsp3) is 0.267. The topological polar surface area (TPSA) is 55.4 Å². The molecule has 0 radical (unpaired) electrons. The van der Waals surface area contributed by atoms with Crippen LogP contribution in [0.25, 0.3) is 11.1 Å². The molecule has 0 spiro atoms. The Kier molecular flexibility index (Phi) is 7.08. The first-order chi connectivity index (χ1) is 17.4. The van der Waals surface area contributed by atoms with Crippen molar-refractivity contribution in [2.24, 2.45) is 0 Å². The van der Waals surface area contributed by atoms with Crippen LogP contribution in [0.4, 0.5) is 5.00 Å². The molecule has 1 aliphatic rings. The largest absolute Gasteiger partial charge is 0.459 e. The number of thiophene rings is 2. The minimum Gasteiger partial charge on any atom is -0.459 e. The minimum atomic E-state index is -0.360. The third-order valence-corrected chi connectivity index (χ3v) is 8.67. The lowest BCUT2D eigenvalue weighted by Crippen LogP contribution is -2.19. The first-order valence-corrected chi connectivity index (χ1v) is 14.0. The standard InChI is InChI=1S/C30H29NO3S2/c1-18(2)34-30(33)27-23-15-14-22(20-10-6-4-7-11-20)16-25(23)36-29(27)31-28(32)24-17-35-19(3)26(24)21-12-8-5-9-13-21/h4-13,17-18,22H,14-16H2,1-3H3,(H,31,32)/t22-/m1/s1. The molecule has 1 aliphatic carbocycles. The SMILES string of the molecule is Cc1scc(C(=O)Nc2sc3c(c2C(=O)OC(C)C)CC[C@@H](c2ccccc2)C3)c1-c1ccccc1. The number of hydrogen-bond donors (Lipinski definition) is 1. The summed E-state index contributed by atoms with van der Waals surface area (Å²) in [6.45, 7) is 5.73. The summed E-state index contributed by atoms with van der Waals surface area (Å²) in [5.41, 5.74) is 5.44. The van der Waals surface area contributed by atoms with Crippen molar-refractivity contribution in [3.8, 4) is 11.1 Å². The van der Waals surface area contributed by atoms with E-state index in [-0.39, 0.29) is 18.0 Å². The van der Waals surface area contributed by atoms with E-state index in [0.29, 0.717) is 22.0 Å². The maximum Gasteiger partial charge on any atom is 0.341 e. The molecule has 5 rings (SSSR count). The van der Waals surface area contributed by atoms with Crippen LogP contribution in [0.1, 0.15) is 67.8 Å². The lowest BCUT2D eigenvalue weighted by atomic mass is 9.83. The van der Waals surface area contributed by atoms with Crippen molar-refractivity contribution in [3.05, 3.63) is 98.1 Å². The number of hydrogen-bond acceptors (Lipinski definition) is 5. The molecular weight excluding hydrogens is 486 g/mol. The van der Waals surface area contributed by atoms with Crippen molar-refractivity contribution in [1.82, 2.24) is 0 Å². The fourth-order valence-corrected chi connectivity index (χ4v) is 7.10. The highest BCUT2D eigenvalue weighted by molar-refractivity contribution is 7.17. The summed E-state index contributed by atoms with van der Waals surface area (Å²) in [5.74, 6) is -0.158. The molecule has 2 aromatic heterocycles. The highest BCUT2D eigenvalue weighted by atomic mass is 32.1. The van der Waals surface area contributed by atoms with Crippen LogP contribution in [0, 0.1) is 6.92 Å². The number of ether oxygens (including phenoxy) is 1. The fourth-order valence-electron chi connectivity index (χ4n) is 4.93. The van der Waals surface area contributed by atoms with Gasteiger partial charge >= 0.3 is 5.97 Å². The Morgan fingerprint density at radius 3 is 2.42 bits per heavy atom. The second-order valence-electron chi connectivity index (χ2n) is 9.41. The van der Waals surface area contributed by atoms with Gasteiger partial charge < -0.3 is 10.1 Å². The molecule has 1 amide bonds. The lowest BCUT2D eigenvalue weighted by Gasteiger charge is -2.23. The van der Waals surface area contributed by atoms with Crippen LogP contribution < -0.4 is 5.32 Å². The molecule has 1 atom stereocenters. The summed E-state index contributed by atoms with van der Waals surface area (Å²) in [6.07, 6.45) is 2.37. The minimum absolute atomic E-state index is 0.199. The third-order valence-electron chi connectivity index (χ3n) is 6.59. The monoisotopic (exact) mass is 515 g/mol. The maximum atomic E-state index is 13.6. The van der Waals surface area contributed by atoms with Crippen molar-refractivity contribution in [2.75, 3.05) is 5.32 Å². The van der Waals surface area contributed by atoms with E-state index < -0.39 is 0 Å². The van der Waals surface area contributed by atoms with E-state index in [0.717, 1.165) is 45.7 Å². The molecular formula is C30H29NO3S2. The zero-order chi connectivity index (χ0) is 25.2. The van der Waals surface area contributed by atoms with Gasteiger partial charge in [-0.1, -0.05) is 60.7 Å². The number of nitrogens with one attached hydrogen (secondary N) is 1. The molecule has 0 fully saturated rings. The Hall–Kier alpha value is -3.22. The number of esters is 1. The Morgan fingerprint density at radius 2 is 1.72 bits per heavy atom. The smallest absolute Gasteiger partial charge is 0.341 e. The molecule has 0 bridgehead atoms. The molecule has 4 aromatic rings. The number of amides is 1. The first-order valence-electron chi connectivity index (χ1n) is 12.3.